The Bertz CT molecular complexity index is 969. The van der Waals surface area contributed by atoms with E-state index in [1.165, 1.54) is 12.2 Å². The fourth-order valence-electron chi connectivity index (χ4n) is 2.83. The maximum atomic E-state index is 12.8. The van der Waals surface area contributed by atoms with Crippen molar-refractivity contribution in [3.05, 3.63) is 48.0 Å². The zero-order valence-electron chi connectivity index (χ0n) is 23.9. The van der Waals surface area contributed by atoms with Gasteiger partial charge in [-0.1, -0.05) is 42.5 Å². The van der Waals surface area contributed by atoms with Gasteiger partial charge in [0.25, 0.3) is 0 Å². The molecule has 0 saturated heterocycles. The summed E-state index contributed by atoms with van der Waals surface area (Å²) >= 11 is 0. The molecular formula is C28H42N2O8. The van der Waals surface area contributed by atoms with Gasteiger partial charge in [-0.25, -0.2) is 19.2 Å². The average Bonchev–Trinajstić information content (AvgIpc) is 2.73. The van der Waals surface area contributed by atoms with Crippen molar-refractivity contribution in [2.45, 2.75) is 104 Å². The molecule has 0 radical (unpaired) electrons. The zero-order chi connectivity index (χ0) is 29.1. The summed E-state index contributed by atoms with van der Waals surface area (Å²) in [7, 11) is 0. The van der Waals surface area contributed by atoms with Crippen molar-refractivity contribution in [3.63, 3.8) is 0 Å². The van der Waals surface area contributed by atoms with E-state index in [4.69, 9.17) is 18.9 Å². The molecule has 1 rings (SSSR count). The van der Waals surface area contributed by atoms with Crippen molar-refractivity contribution < 1.29 is 38.1 Å². The summed E-state index contributed by atoms with van der Waals surface area (Å²) in [6.07, 6.45) is 1.16. The molecule has 2 N–H and O–H groups in total. The second-order valence-electron chi connectivity index (χ2n) is 11.6. The first-order valence-electron chi connectivity index (χ1n) is 12.4. The molecule has 0 aliphatic carbocycles. The van der Waals surface area contributed by atoms with E-state index in [1.807, 2.05) is 18.2 Å². The molecule has 0 aliphatic heterocycles. The van der Waals surface area contributed by atoms with Gasteiger partial charge in [0.1, 0.15) is 35.5 Å². The molecule has 0 spiro atoms. The highest BCUT2D eigenvalue weighted by Crippen LogP contribution is 2.13. The van der Waals surface area contributed by atoms with Gasteiger partial charge in [-0.2, -0.15) is 0 Å². The fraction of sp³-hybridized carbons (Fsp3) is 0.571. The van der Waals surface area contributed by atoms with Crippen LogP contribution in [0.5, 0.6) is 0 Å². The fourth-order valence-corrected chi connectivity index (χ4v) is 2.83. The van der Waals surface area contributed by atoms with Crippen molar-refractivity contribution in [2.24, 2.45) is 0 Å². The molecule has 1 aromatic rings. The molecule has 1 aromatic carbocycles. The molecule has 0 bridgehead atoms. The Morgan fingerprint density at radius 2 is 1.26 bits per heavy atom. The highest BCUT2D eigenvalue weighted by Gasteiger charge is 2.29. The van der Waals surface area contributed by atoms with Crippen molar-refractivity contribution in [1.29, 1.82) is 0 Å². The van der Waals surface area contributed by atoms with Crippen molar-refractivity contribution in [3.8, 4) is 0 Å². The van der Waals surface area contributed by atoms with E-state index in [-0.39, 0.29) is 13.0 Å². The summed E-state index contributed by atoms with van der Waals surface area (Å²) in [5.41, 5.74) is -1.60. The van der Waals surface area contributed by atoms with Gasteiger partial charge >= 0.3 is 24.1 Å². The molecular weight excluding hydrogens is 492 g/mol. The second-order valence-corrected chi connectivity index (χ2v) is 11.6. The predicted octanol–water partition coefficient (Wildman–Crippen LogP) is 4.80. The van der Waals surface area contributed by atoms with E-state index in [2.05, 4.69) is 10.6 Å². The number of amides is 2. The Balaban J connectivity index is 3.01. The van der Waals surface area contributed by atoms with E-state index >= 15 is 0 Å². The third-order valence-corrected chi connectivity index (χ3v) is 4.23. The minimum Gasteiger partial charge on any atom is -0.458 e. The van der Waals surface area contributed by atoms with Gasteiger partial charge in [0.15, 0.2) is 0 Å². The van der Waals surface area contributed by atoms with Gasteiger partial charge in [0.2, 0.25) is 0 Å². The van der Waals surface area contributed by atoms with Crippen LogP contribution in [0.25, 0.3) is 0 Å². The monoisotopic (exact) mass is 534 g/mol. The minimum atomic E-state index is -1.21. The molecule has 0 aromatic heterocycles. The Kier molecular flexibility index (Phi) is 11.8. The van der Waals surface area contributed by atoms with Gasteiger partial charge in [0, 0.05) is 0 Å². The van der Waals surface area contributed by atoms with Crippen LogP contribution in [0.2, 0.25) is 0 Å². The number of hydrogen-bond acceptors (Lipinski definition) is 8. The number of nitrogens with one attached hydrogen (secondary N) is 2. The minimum absolute atomic E-state index is 0.0119. The molecule has 2 amide bonds. The SMILES string of the molecule is CC(C)(C)OC(=O)N[C@H](C/C=C/[C@H](NC(=O)OCc1ccccc1)C(=O)OC(C)(C)C)C(=O)OC(C)(C)C. The number of benzene rings is 1. The molecule has 38 heavy (non-hydrogen) atoms. The van der Waals surface area contributed by atoms with Crippen LogP contribution in [0.3, 0.4) is 0 Å². The van der Waals surface area contributed by atoms with Crippen LogP contribution >= 0.6 is 0 Å². The molecule has 0 unspecified atom stereocenters. The molecule has 10 heteroatoms. The average molecular weight is 535 g/mol. The van der Waals surface area contributed by atoms with E-state index in [1.54, 1.807) is 74.4 Å². The lowest BCUT2D eigenvalue weighted by Crippen LogP contribution is -2.46. The first-order chi connectivity index (χ1) is 17.3. The molecule has 0 fully saturated rings. The summed E-state index contributed by atoms with van der Waals surface area (Å²) in [4.78, 5) is 50.3. The van der Waals surface area contributed by atoms with Crippen LogP contribution in [-0.2, 0) is 35.1 Å². The van der Waals surface area contributed by atoms with Gasteiger partial charge < -0.3 is 29.6 Å². The lowest BCUT2D eigenvalue weighted by Gasteiger charge is -2.26. The Labute approximate surface area is 225 Å². The van der Waals surface area contributed by atoms with Crippen LogP contribution in [0, 0.1) is 0 Å². The standard InChI is InChI=1S/C28H42N2O8/c1-26(2,3)36-22(31)20(29-24(33)35-18-19-14-11-10-12-15-19)16-13-17-21(23(32)37-27(4,5)6)30-25(34)38-28(7,8)9/h10-16,20-21H,17-18H2,1-9H3,(H,29,33)(H,30,34)/b16-13+/t20-,21+/m0/s1. The van der Waals surface area contributed by atoms with E-state index in [0.29, 0.717) is 0 Å². The lowest BCUT2D eigenvalue weighted by atomic mass is 10.1. The highest BCUT2D eigenvalue weighted by molar-refractivity contribution is 5.84. The van der Waals surface area contributed by atoms with Crippen molar-refractivity contribution >= 4 is 24.1 Å². The van der Waals surface area contributed by atoms with Crippen LogP contribution in [0.15, 0.2) is 42.5 Å². The predicted molar refractivity (Wildman–Crippen MR) is 142 cm³/mol. The van der Waals surface area contributed by atoms with Crippen LogP contribution in [0.4, 0.5) is 9.59 Å². The van der Waals surface area contributed by atoms with Crippen LogP contribution in [-0.4, -0.2) is 53.0 Å². The zero-order valence-corrected chi connectivity index (χ0v) is 23.9. The number of carbonyl (C=O) groups excluding carboxylic acids is 4. The Morgan fingerprint density at radius 3 is 1.79 bits per heavy atom. The maximum Gasteiger partial charge on any atom is 0.408 e. The summed E-state index contributed by atoms with van der Waals surface area (Å²) < 4.78 is 21.3. The summed E-state index contributed by atoms with van der Waals surface area (Å²) in [5, 5.41) is 4.97. The normalized spacial score (nSPS) is 13.7. The van der Waals surface area contributed by atoms with E-state index in [9.17, 15) is 19.2 Å². The van der Waals surface area contributed by atoms with Crippen LogP contribution < -0.4 is 10.6 Å². The largest absolute Gasteiger partial charge is 0.458 e. The van der Waals surface area contributed by atoms with Crippen LogP contribution in [0.1, 0.15) is 74.3 Å². The number of rotatable bonds is 9. The lowest BCUT2D eigenvalue weighted by molar-refractivity contribution is -0.157. The smallest absolute Gasteiger partial charge is 0.408 e. The van der Waals surface area contributed by atoms with Crippen molar-refractivity contribution in [1.82, 2.24) is 10.6 Å². The topological polar surface area (TPSA) is 129 Å². The molecule has 212 valence electrons. The maximum absolute atomic E-state index is 12.8. The highest BCUT2D eigenvalue weighted by atomic mass is 16.6. The quantitative estimate of drug-likeness (QED) is 0.262. The second kappa shape index (κ2) is 13.8. The summed E-state index contributed by atoms with van der Waals surface area (Å²) in [5.74, 6) is -1.41. The number of hydrogen-bond donors (Lipinski definition) is 2. The Morgan fingerprint density at radius 1 is 0.737 bits per heavy atom. The van der Waals surface area contributed by atoms with Gasteiger partial charge in [-0.15, -0.1) is 0 Å². The number of ether oxygens (including phenoxy) is 4. The summed E-state index contributed by atoms with van der Waals surface area (Å²) in [6.45, 7) is 15.3. The van der Waals surface area contributed by atoms with E-state index < -0.39 is 53.0 Å². The number of carbonyl (C=O) groups is 4. The van der Waals surface area contributed by atoms with Crippen molar-refractivity contribution in [2.75, 3.05) is 0 Å². The van der Waals surface area contributed by atoms with Gasteiger partial charge in [-0.3, -0.25) is 0 Å². The molecule has 0 aliphatic rings. The molecule has 0 heterocycles. The molecule has 2 atom stereocenters. The first kappa shape index (κ1) is 32.5. The third kappa shape index (κ3) is 14.9. The Hall–Kier alpha value is -3.56. The number of esters is 2. The molecule has 0 saturated carbocycles. The summed E-state index contributed by atoms with van der Waals surface area (Å²) in [6, 6.07) is 6.75. The van der Waals surface area contributed by atoms with Gasteiger partial charge in [-0.05, 0) is 74.3 Å². The van der Waals surface area contributed by atoms with Gasteiger partial charge in [0.05, 0.1) is 0 Å². The number of alkyl carbamates (subject to hydrolysis) is 2. The molecule has 10 nitrogen and oxygen atoms in total. The van der Waals surface area contributed by atoms with E-state index in [0.717, 1.165) is 5.56 Å². The first-order valence-corrected chi connectivity index (χ1v) is 12.4. The third-order valence-electron chi connectivity index (χ3n) is 4.23.